The summed E-state index contributed by atoms with van der Waals surface area (Å²) in [6.45, 7) is 4.77. The van der Waals surface area contributed by atoms with Crippen LogP contribution in [0.3, 0.4) is 0 Å². The Morgan fingerprint density at radius 3 is 0.562 bits per heavy atom. The summed E-state index contributed by atoms with van der Waals surface area (Å²) in [6.07, 6.45) is 2.53. The quantitative estimate of drug-likeness (QED) is 0.229. The Kier molecular flexibility index (Phi) is 54.2. The fourth-order valence-electron chi connectivity index (χ4n) is 1.41. The summed E-state index contributed by atoms with van der Waals surface area (Å²) in [4.78, 5) is 8.85. The molecular weight excluding hydrogens is 582 g/mol. The number of rotatable bonds is 8. The largest absolute Gasteiger partial charge is 1.00 e. The summed E-state index contributed by atoms with van der Waals surface area (Å²) in [7, 11) is 6.97. The molecule has 0 atom stereocenters. The van der Waals surface area contributed by atoms with Gasteiger partial charge in [-0.05, 0) is 95.4 Å². The Labute approximate surface area is 217 Å². The van der Waals surface area contributed by atoms with Crippen LogP contribution in [0.25, 0.3) is 0 Å². The standard InChI is InChI=1S/2C7H18N2.2ClHO4.2Cu.2H2O/c2*1-8(2)6-5-7-9(3)4;2*2-1(3,4)5;;;;/h2*5-7H2,1-4H3;2*(H,2,3,4,5);;;2*1H2/q;;;;2*+1;;/p-2. The molecule has 0 aliphatic carbocycles. The molecule has 0 aromatic heterocycles. The van der Waals surface area contributed by atoms with Gasteiger partial charge in [0.2, 0.25) is 0 Å². The second-order valence-electron chi connectivity index (χ2n) is 6.68. The van der Waals surface area contributed by atoms with Gasteiger partial charge < -0.3 is 30.6 Å². The maximum Gasteiger partial charge on any atom is 1.00 e. The minimum atomic E-state index is -4.94. The third-order valence-corrected chi connectivity index (χ3v) is 2.42. The average molecular weight is 622 g/mol. The van der Waals surface area contributed by atoms with Crippen LogP contribution in [0.1, 0.15) is 12.8 Å². The van der Waals surface area contributed by atoms with Crippen molar-refractivity contribution < 1.29 is 103 Å². The van der Waals surface area contributed by atoms with Gasteiger partial charge >= 0.3 is 34.1 Å². The molecule has 0 radical (unpaired) electrons. The average Bonchev–Trinajstić information content (AvgIpc) is 2.33. The van der Waals surface area contributed by atoms with Crippen molar-refractivity contribution in [3.8, 4) is 0 Å². The number of nitrogens with zero attached hydrogens (tertiary/aromatic N) is 4. The van der Waals surface area contributed by atoms with Crippen LogP contribution < -0.4 is 37.3 Å². The molecule has 0 aliphatic heterocycles. The van der Waals surface area contributed by atoms with Crippen LogP contribution in [0.2, 0.25) is 0 Å². The van der Waals surface area contributed by atoms with Crippen molar-refractivity contribution in [2.45, 2.75) is 12.8 Å². The summed E-state index contributed by atoms with van der Waals surface area (Å²) in [5, 5.41) is 0. The first-order chi connectivity index (χ1) is 12.3. The molecule has 0 aliphatic rings. The van der Waals surface area contributed by atoms with Crippen LogP contribution in [0.15, 0.2) is 0 Å². The molecule has 0 heterocycles. The van der Waals surface area contributed by atoms with Crippen LogP contribution in [0.4, 0.5) is 0 Å². The van der Waals surface area contributed by atoms with Crippen LogP contribution in [-0.2, 0) is 34.1 Å². The Bertz CT molecular complexity index is 271. The zero-order valence-corrected chi connectivity index (χ0v) is 23.1. The SMILES string of the molecule is CN(C)CCCN(C)C.CN(C)CCCN(C)C.O.O.[Cu+].[Cu+].[O-][Cl+3]([O-])([O-])[O-].[O-][Cl+3]([O-])([O-])[O-]. The molecule has 4 N–H and O–H groups in total. The molecule has 32 heavy (non-hydrogen) atoms. The molecule has 0 saturated carbocycles. The van der Waals surface area contributed by atoms with E-state index >= 15 is 0 Å². The van der Waals surface area contributed by atoms with E-state index in [0.717, 1.165) is 0 Å². The monoisotopic (exact) mass is 620 g/mol. The molecular formula is C14H40Cl2Cu2N4O10. The minimum absolute atomic E-state index is 0. The zero-order valence-electron chi connectivity index (χ0n) is 19.7. The smallest absolute Gasteiger partial charge is 0.412 e. The predicted octanol–water partition coefficient (Wildman–Crippen LogP) is -10.2. The number of hydrogen-bond acceptors (Lipinski definition) is 12. The van der Waals surface area contributed by atoms with E-state index in [1.54, 1.807) is 0 Å². The summed E-state index contributed by atoms with van der Waals surface area (Å²) < 4.78 is 67.9. The fraction of sp³-hybridized carbons (Fsp3) is 1.00. The van der Waals surface area contributed by atoms with E-state index in [1.165, 1.54) is 39.0 Å². The van der Waals surface area contributed by atoms with E-state index in [0.29, 0.717) is 0 Å². The van der Waals surface area contributed by atoms with E-state index in [9.17, 15) is 0 Å². The second kappa shape index (κ2) is 32.1. The number of hydrogen-bond donors (Lipinski definition) is 0. The van der Waals surface area contributed by atoms with E-state index in [2.05, 4.69) is 76.0 Å². The van der Waals surface area contributed by atoms with Crippen molar-refractivity contribution in [2.24, 2.45) is 0 Å². The first-order valence-corrected chi connectivity index (χ1v) is 10.5. The topological polar surface area (TPSA) is 260 Å². The van der Waals surface area contributed by atoms with Crippen LogP contribution in [0, 0.1) is 20.5 Å². The number of halogens is 2. The molecule has 0 bridgehead atoms. The summed E-state index contributed by atoms with van der Waals surface area (Å²) >= 11 is 0. The van der Waals surface area contributed by atoms with Gasteiger partial charge in [-0.15, -0.1) is 20.5 Å². The first kappa shape index (κ1) is 54.1. The predicted molar refractivity (Wildman–Crippen MR) is 90.7 cm³/mol. The molecule has 18 heteroatoms. The van der Waals surface area contributed by atoms with Gasteiger partial charge in [0.05, 0.1) is 0 Å². The van der Waals surface area contributed by atoms with Crippen molar-refractivity contribution in [3.05, 3.63) is 0 Å². The van der Waals surface area contributed by atoms with Crippen molar-refractivity contribution in [1.29, 1.82) is 0 Å². The van der Waals surface area contributed by atoms with Crippen molar-refractivity contribution in [3.63, 3.8) is 0 Å². The minimum Gasteiger partial charge on any atom is -0.412 e. The Hall–Kier alpha value is 1.06. The third kappa shape index (κ3) is 165. The fourth-order valence-corrected chi connectivity index (χ4v) is 1.41. The van der Waals surface area contributed by atoms with Gasteiger partial charge in [0, 0.05) is 0 Å². The Balaban J connectivity index is -0.0000000397. The van der Waals surface area contributed by atoms with Gasteiger partial charge in [-0.3, -0.25) is 0 Å². The molecule has 0 rings (SSSR count). The van der Waals surface area contributed by atoms with E-state index in [4.69, 9.17) is 37.3 Å². The summed E-state index contributed by atoms with van der Waals surface area (Å²) in [5.41, 5.74) is 0. The van der Waals surface area contributed by atoms with Gasteiger partial charge in [0.1, 0.15) is 0 Å². The third-order valence-electron chi connectivity index (χ3n) is 2.42. The van der Waals surface area contributed by atoms with Crippen LogP contribution in [0.5, 0.6) is 0 Å². The zero-order chi connectivity index (χ0) is 23.6. The van der Waals surface area contributed by atoms with Crippen molar-refractivity contribution in [2.75, 3.05) is 82.6 Å². The molecule has 0 fully saturated rings. The van der Waals surface area contributed by atoms with E-state index in [-0.39, 0.29) is 45.1 Å². The molecule has 0 spiro atoms. The maximum atomic E-state index is 8.49. The molecule has 0 amide bonds. The molecule has 0 unspecified atom stereocenters. The second-order valence-corrected chi connectivity index (χ2v) is 8.19. The normalized spacial score (nSPS) is 10.1. The molecule has 0 aromatic carbocycles. The first-order valence-electron chi connectivity index (χ1n) is 8.08. The van der Waals surface area contributed by atoms with Crippen LogP contribution >= 0.6 is 0 Å². The summed E-state index contributed by atoms with van der Waals surface area (Å²) in [6, 6.07) is 0. The van der Waals surface area contributed by atoms with E-state index in [1.807, 2.05) is 0 Å². The van der Waals surface area contributed by atoms with Gasteiger partial charge in [-0.25, -0.2) is 37.3 Å². The molecule has 0 aromatic rings. The van der Waals surface area contributed by atoms with Gasteiger partial charge in [0.15, 0.2) is 0 Å². The molecule has 212 valence electrons. The van der Waals surface area contributed by atoms with Gasteiger partial charge in [-0.1, -0.05) is 0 Å². The van der Waals surface area contributed by atoms with E-state index < -0.39 is 20.5 Å². The Morgan fingerprint density at radius 1 is 0.406 bits per heavy atom. The van der Waals surface area contributed by atoms with Gasteiger partial charge in [0.25, 0.3) is 0 Å². The van der Waals surface area contributed by atoms with Crippen molar-refractivity contribution in [1.82, 2.24) is 19.6 Å². The Morgan fingerprint density at radius 2 is 0.500 bits per heavy atom. The maximum absolute atomic E-state index is 8.49. The van der Waals surface area contributed by atoms with Crippen molar-refractivity contribution >= 4 is 0 Å². The van der Waals surface area contributed by atoms with Gasteiger partial charge in [-0.2, -0.15) is 0 Å². The molecule has 0 saturated heterocycles. The van der Waals surface area contributed by atoms with Crippen LogP contribution in [-0.4, -0.2) is 113 Å². The molecule has 14 nitrogen and oxygen atoms in total. The summed E-state index contributed by atoms with van der Waals surface area (Å²) in [5.74, 6) is 0.